The Hall–Kier alpha value is -2.11. The van der Waals surface area contributed by atoms with E-state index in [4.69, 9.17) is 28.0 Å². The van der Waals surface area contributed by atoms with Crippen LogP contribution in [0.15, 0.2) is 40.5 Å². The van der Waals surface area contributed by atoms with Crippen LogP contribution in [0.3, 0.4) is 0 Å². The second-order valence-corrected chi connectivity index (χ2v) is 7.15. The van der Waals surface area contributed by atoms with E-state index in [-0.39, 0.29) is 11.1 Å². The van der Waals surface area contributed by atoms with Crippen LogP contribution in [0.1, 0.15) is 29.2 Å². The predicted octanol–water partition coefficient (Wildman–Crippen LogP) is 5.53. The fraction of sp³-hybridized carbons (Fsp3) is 0.263. The van der Waals surface area contributed by atoms with Gasteiger partial charge in [-0.25, -0.2) is 9.38 Å². The van der Waals surface area contributed by atoms with Crippen LogP contribution in [0.2, 0.25) is 10.0 Å². The van der Waals surface area contributed by atoms with E-state index in [0.29, 0.717) is 28.4 Å². The van der Waals surface area contributed by atoms with Crippen LogP contribution in [0, 0.1) is 12.7 Å². The summed E-state index contributed by atoms with van der Waals surface area (Å²) >= 11 is 12.1. The molecule has 2 aromatic carbocycles. The number of hydrogen-bond acceptors (Lipinski definition) is 3. The van der Waals surface area contributed by atoms with Crippen molar-refractivity contribution in [3.8, 4) is 0 Å². The molecule has 0 bridgehead atoms. The molecule has 0 amide bonds. The van der Waals surface area contributed by atoms with Gasteiger partial charge in [-0.05, 0) is 42.3 Å². The first-order chi connectivity index (χ1) is 12.3. The van der Waals surface area contributed by atoms with Gasteiger partial charge in [0.05, 0.1) is 27.8 Å². The molecule has 0 radical (unpaired) electrons. The highest BCUT2D eigenvalue weighted by Crippen LogP contribution is 2.37. The third-order valence-electron chi connectivity index (χ3n) is 4.03. The lowest BCUT2D eigenvalue weighted by atomic mass is 9.97. The van der Waals surface area contributed by atoms with E-state index < -0.39 is 5.82 Å². The summed E-state index contributed by atoms with van der Waals surface area (Å²) in [5.74, 6) is -0.474. The van der Waals surface area contributed by atoms with Crippen molar-refractivity contribution in [3.05, 3.63) is 62.9 Å². The maximum Gasteiger partial charge on any atom is 0.158 e. The van der Waals surface area contributed by atoms with E-state index in [1.165, 1.54) is 12.1 Å². The molecule has 1 aliphatic heterocycles. The highest BCUT2D eigenvalue weighted by atomic mass is 35.5. The summed E-state index contributed by atoms with van der Waals surface area (Å²) in [7, 11) is 3.78. The van der Waals surface area contributed by atoms with Gasteiger partial charge in [0.25, 0.3) is 0 Å². The van der Waals surface area contributed by atoms with E-state index in [1.54, 1.807) is 12.4 Å². The van der Waals surface area contributed by atoms with Gasteiger partial charge in [-0.2, -0.15) is 0 Å². The quantitative estimate of drug-likeness (QED) is 0.505. The first kappa shape index (κ1) is 18.7. The van der Waals surface area contributed by atoms with Gasteiger partial charge in [0.1, 0.15) is 5.82 Å². The Morgan fingerprint density at radius 2 is 2.00 bits per heavy atom. The van der Waals surface area contributed by atoms with Crippen LogP contribution in [0.4, 0.5) is 10.1 Å². The largest absolute Gasteiger partial charge is 0.387 e. The van der Waals surface area contributed by atoms with Crippen molar-refractivity contribution < 1.29 is 9.23 Å². The summed E-state index contributed by atoms with van der Waals surface area (Å²) in [6.07, 6.45) is 1.95. The Morgan fingerprint density at radius 1 is 1.23 bits per heavy atom. The molecule has 0 spiro atoms. The number of aliphatic imine (C=N–C) groups is 1. The molecule has 0 N–H and O–H groups in total. The number of nitrogens with zero attached hydrogens (tertiary/aromatic N) is 3. The number of hydrogen-bond donors (Lipinski definition) is 0. The van der Waals surface area contributed by atoms with Crippen molar-refractivity contribution in [3.63, 3.8) is 0 Å². The van der Waals surface area contributed by atoms with E-state index in [0.717, 1.165) is 11.1 Å². The maximum absolute atomic E-state index is 13.7. The van der Waals surface area contributed by atoms with Crippen molar-refractivity contribution in [2.45, 2.75) is 19.4 Å². The van der Waals surface area contributed by atoms with Crippen LogP contribution in [0.25, 0.3) is 0 Å². The molecule has 0 saturated carbocycles. The van der Waals surface area contributed by atoms with Crippen LogP contribution >= 0.6 is 23.2 Å². The van der Waals surface area contributed by atoms with Gasteiger partial charge in [-0.3, -0.25) is 0 Å². The first-order valence-corrected chi connectivity index (χ1v) is 8.79. The molecule has 4 nitrogen and oxygen atoms in total. The number of halogens is 3. The fourth-order valence-corrected chi connectivity index (χ4v) is 3.03. The minimum atomic E-state index is -0.474. The van der Waals surface area contributed by atoms with Gasteiger partial charge in [0.15, 0.2) is 6.10 Å². The van der Waals surface area contributed by atoms with E-state index in [9.17, 15) is 4.39 Å². The van der Waals surface area contributed by atoms with Crippen LogP contribution < -0.4 is 0 Å². The molecule has 1 unspecified atom stereocenters. The summed E-state index contributed by atoms with van der Waals surface area (Å²) < 4.78 is 13.7. The average molecular weight is 394 g/mol. The van der Waals surface area contributed by atoms with Gasteiger partial charge >= 0.3 is 0 Å². The molecular formula is C19H18Cl2FN3O. The standard InChI is InChI=1S/C19H18Cl2FN3O/c1-11-6-18(23-10-25(2)3)15(21)8-13(11)19-9-17(24-26-19)12-4-5-14(20)16(22)7-12/h4-8,10,19H,9H2,1-3H3/b23-10-. The molecule has 2 aromatic rings. The molecule has 0 aliphatic carbocycles. The SMILES string of the molecule is Cc1cc(/N=C\N(C)C)c(Cl)cc1C1CC(c2ccc(Cl)c(F)c2)=NO1. The molecule has 1 atom stereocenters. The van der Waals surface area contributed by atoms with Crippen molar-refractivity contribution in [1.82, 2.24) is 4.90 Å². The lowest BCUT2D eigenvalue weighted by Crippen LogP contribution is -2.07. The van der Waals surface area contributed by atoms with Crippen LogP contribution in [0.5, 0.6) is 0 Å². The summed E-state index contributed by atoms with van der Waals surface area (Å²) in [6.45, 7) is 1.98. The number of rotatable bonds is 4. The third-order valence-corrected chi connectivity index (χ3v) is 4.64. The monoisotopic (exact) mass is 393 g/mol. The van der Waals surface area contributed by atoms with Gasteiger partial charge in [0, 0.05) is 26.1 Å². The molecule has 0 saturated heterocycles. The van der Waals surface area contributed by atoms with Gasteiger partial charge in [0.2, 0.25) is 0 Å². The highest BCUT2D eigenvalue weighted by molar-refractivity contribution is 6.33. The summed E-state index contributed by atoms with van der Waals surface area (Å²) in [6, 6.07) is 8.38. The molecule has 1 heterocycles. The number of oxime groups is 1. The Morgan fingerprint density at radius 3 is 2.69 bits per heavy atom. The molecule has 136 valence electrons. The normalized spacial score (nSPS) is 16.7. The maximum atomic E-state index is 13.7. The smallest absolute Gasteiger partial charge is 0.158 e. The number of aryl methyl sites for hydroxylation is 1. The zero-order valence-electron chi connectivity index (χ0n) is 14.6. The molecule has 3 rings (SSSR count). The Kier molecular flexibility index (Phi) is 5.49. The lowest BCUT2D eigenvalue weighted by molar-refractivity contribution is 0.0853. The third kappa shape index (κ3) is 4.00. The van der Waals surface area contributed by atoms with Crippen molar-refractivity contribution >= 4 is 40.9 Å². The summed E-state index contributed by atoms with van der Waals surface area (Å²) in [4.78, 5) is 11.8. The van der Waals surface area contributed by atoms with E-state index >= 15 is 0 Å². The van der Waals surface area contributed by atoms with Crippen LogP contribution in [-0.4, -0.2) is 31.0 Å². The lowest BCUT2D eigenvalue weighted by Gasteiger charge is -2.14. The summed E-state index contributed by atoms with van der Waals surface area (Å²) in [5, 5.41) is 4.74. The van der Waals surface area contributed by atoms with Crippen LogP contribution in [-0.2, 0) is 4.84 Å². The zero-order chi connectivity index (χ0) is 18.8. The highest BCUT2D eigenvalue weighted by Gasteiger charge is 2.26. The van der Waals surface area contributed by atoms with Gasteiger partial charge in [-0.1, -0.05) is 34.4 Å². The van der Waals surface area contributed by atoms with Gasteiger partial charge in [-0.15, -0.1) is 0 Å². The molecule has 26 heavy (non-hydrogen) atoms. The minimum Gasteiger partial charge on any atom is -0.387 e. The Balaban J connectivity index is 1.81. The van der Waals surface area contributed by atoms with Crippen molar-refractivity contribution in [1.29, 1.82) is 0 Å². The topological polar surface area (TPSA) is 37.2 Å². The molecular weight excluding hydrogens is 376 g/mol. The summed E-state index contributed by atoms with van der Waals surface area (Å²) in [5.41, 5.74) is 3.97. The predicted molar refractivity (Wildman–Crippen MR) is 104 cm³/mol. The number of benzene rings is 2. The Labute approximate surface area is 161 Å². The minimum absolute atomic E-state index is 0.0845. The zero-order valence-corrected chi connectivity index (χ0v) is 16.1. The second kappa shape index (κ2) is 7.64. The first-order valence-electron chi connectivity index (χ1n) is 8.04. The molecule has 7 heteroatoms. The van der Waals surface area contributed by atoms with Gasteiger partial charge < -0.3 is 9.74 Å². The average Bonchev–Trinajstić information content (AvgIpc) is 3.07. The van der Waals surface area contributed by atoms with Crippen molar-refractivity contribution in [2.24, 2.45) is 10.1 Å². The molecule has 0 fully saturated rings. The van der Waals surface area contributed by atoms with Crippen molar-refractivity contribution in [2.75, 3.05) is 14.1 Å². The second-order valence-electron chi connectivity index (χ2n) is 6.33. The van der Waals surface area contributed by atoms with E-state index in [1.807, 2.05) is 38.1 Å². The molecule has 0 aromatic heterocycles. The van der Waals surface area contributed by atoms with E-state index in [2.05, 4.69) is 10.1 Å². The Bertz CT molecular complexity index is 897. The molecule has 1 aliphatic rings. The fourth-order valence-electron chi connectivity index (χ4n) is 2.70.